The van der Waals surface area contributed by atoms with Crippen LogP contribution in [0.15, 0.2) is 102 Å². The summed E-state index contributed by atoms with van der Waals surface area (Å²) < 4.78 is 15.2. The zero-order valence-electron chi connectivity index (χ0n) is 24.8. The minimum Gasteiger partial charge on any atom is -0.402 e. The van der Waals surface area contributed by atoms with Crippen molar-refractivity contribution in [2.24, 2.45) is 0 Å². The van der Waals surface area contributed by atoms with Crippen LogP contribution in [0.5, 0.6) is 0 Å². The maximum Gasteiger partial charge on any atom is 0.351 e. The normalized spacial score (nSPS) is 20.2. The molecule has 0 radical (unpaired) electrons. The number of anilines is 1. The highest BCUT2D eigenvalue weighted by Gasteiger charge is 2.54. The molecule has 1 saturated heterocycles. The van der Waals surface area contributed by atoms with E-state index >= 15 is 0 Å². The number of nitrogen functional groups attached to an aromatic ring is 1. The van der Waals surface area contributed by atoms with Gasteiger partial charge in [-0.1, -0.05) is 93.6 Å². The predicted octanol–water partition coefficient (Wildman–Crippen LogP) is 3.29. The standard InChI is InChI=1S/C33H34N4O6Si/c1-33(2,3)44(22-12-6-4-7-13-22,23-14-8-5-9-15-23)43-26-20-29(36-19-18-28(34)35-32(36)40)42-27(26)21-41-37-30(38)24-16-10-11-17-25(24)31(37)39/h4-19,26-27,29H,20-21H2,1-3H3,(H2,34,35,40)/t26?,27-,29-/m1/s1. The van der Waals surface area contributed by atoms with E-state index in [1.54, 1.807) is 30.5 Å². The molecule has 0 aliphatic carbocycles. The Balaban J connectivity index is 1.38. The molecule has 226 valence electrons. The van der Waals surface area contributed by atoms with E-state index in [2.05, 4.69) is 50.0 Å². The van der Waals surface area contributed by atoms with Gasteiger partial charge in [0.05, 0.1) is 17.2 Å². The first-order valence-corrected chi connectivity index (χ1v) is 16.4. The van der Waals surface area contributed by atoms with E-state index in [0.29, 0.717) is 6.42 Å². The Labute approximate surface area is 256 Å². The molecular weight excluding hydrogens is 576 g/mol. The minimum atomic E-state index is -3.05. The highest BCUT2D eigenvalue weighted by atomic mass is 28.4. The summed E-state index contributed by atoms with van der Waals surface area (Å²) in [6, 6.07) is 28.5. The number of hydroxylamine groups is 2. The van der Waals surface area contributed by atoms with Crippen molar-refractivity contribution in [1.82, 2.24) is 14.6 Å². The molecule has 0 saturated carbocycles. The van der Waals surface area contributed by atoms with Gasteiger partial charge in [-0.3, -0.25) is 19.0 Å². The SMILES string of the molecule is CC(C)(C)[Si](OC1C[C@H](n2ccc(N)nc2=O)O[C@@H]1CON1C(=O)c2ccccc2C1=O)(c1ccccc1)c1ccccc1. The van der Waals surface area contributed by atoms with Crippen molar-refractivity contribution in [2.45, 2.75) is 50.7 Å². The maximum atomic E-state index is 13.0. The van der Waals surface area contributed by atoms with Crippen molar-refractivity contribution in [3.05, 3.63) is 119 Å². The van der Waals surface area contributed by atoms with Gasteiger partial charge in [0, 0.05) is 12.6 Å². The Morgan fingerprint density at radius 3 is 1.93 bits per heavy atom. The summed E-state index contributed by atoms with van der Waals surface area (Å²) in [7, 11) is -3.05. The van der Waals surface area contributed by atoms with Gasteiger partial charge in [0.1, 0.15) is 24.8 Å². The molecule has 3 aromatic carbocycles. The lowest BCUT2D eigenvalue weighted by Crippen LogP contribution is -2.68. The van der Waals surface area contributed by atoms with E-state index in [1.165, 1.54) is 10.6 Å². The van der Waals surface area contributed by atoms with Crippen LogP contribution in [-0.2, 0) is 14.0 Å². The van der Waals surface area contributed by atoms with Gasteiger partial charge in [-0.05, 0) is 33.6 Å². The fourth-order valence-electron chi connectivity index (χ4n) is 6.14. The topological polar surface area (TPSA) is 126 Å². The molecule has 4 aromatic rings. The van der Waals surface area contributed by atoms with Gasteiger partial charge in [-0.15, -0.1) is 5.06 Å². The highest BCUT2D eigenvalue weighted by Crippen LogP contribution is 2.41. The number of nitrogens with zero attached hydrogens (tertiary/aromatic N) is 3. The number of ether oxygens (including phenoxy) is 1. The number of fused-ring (bicyclic) bond motifs is 1. The second-order valence-corrected chi connectivity index (χ2v) is 16.2. The minimum absolute atomic E-state index is 0.106. The molecule has 0 bridgehead atoms. The van der Waals surface area contributed by atoms with Crippen LogP contribution in [0.1, 0.15) is 54.1 Å². The summed E-state index contributed by atoms with van der Waals surface area (Å²) in [5.41, 5.74) is 5.75. The van der Waals surface area contributed by atoms with Crippen LogP contribution < -0.4 is 21.8 Å². The summed E-state index contributed by atoms with van der Waals surface area (Å²) >= 11 is 0. The first-order valence-electron chi connectivity index (χ1n) is 14.5. The Hall–Kier alpha value is -4.42. The number of benzene rings is 3. The third-order valence-electron chi connectivity index (χ3n) is 8.21. The third-order valence-corrected chi connectivity index (χ3v) is 13.3. The summed E-state index contributed by atoms with van der Waals surface area (Å²) in [4.78, 5) is 48.7. The summed E-state index contributed by atoms with van der Waals surface area (Å²) in [6.07, 6.45) is -0.217. The Morgan fingerprint density at radius 2 is 1.41 bits per heavy atom. The molecule has 1 fully saturated rings. The lowest BCUT2D eigenvalue weighted by atomic mass is 10.1. The van der Waals surface area contributed by atoms with Gasteiger partial charge in [0.25, 0.3) is 20.1 Å². The number of carbonyl (C=O) groups is 2. The first kappa shape index (κ1) is 29.6. The molecule has 1 aromatic heterocycles. The molecular formula is C33H34N4O6Si. The Bertz CT molecular complexity index is 1670. The Morgan fingerprint density at radius 1 is 0.864 bits per heavy atom. The number of nitrogens with two attached hydrogens (primary N) is 1. The summed E-state index contributed by atoms with van der Waals surface area (Å²) in [5.74, 6) is -0.970. The molecule has 11 heteroatoms. The van der Waals surface area contributed by atoms with Gasteiger partial charge in [0.15, 0.2) is 0 Å². The molecule has 2 aliphatic rings. The molecule has 6 rings (SSSR count). The molecule has 1 unspecified atom stereocenters. The third kappa shape index (κ3) is 5.17. The molecule has 3 heterocycles. The van der Waals surface area contributed by atoms with E-state index in [0.717, 1.165) is 15.4 Å². The smallest absolute Gasteiger partial charge is 0.351 e. The average Bonchev–Trinajstić information content (AvgIpc) is 3.52. The fraction of sp³-hybridized carbons (Fsp3) is 0.273. The second-order valence-electron chi connectivity index (χ2n) is 12.0. The van der Waals surface area contributed by atoms with Crippen molar-refractivity contribution in [3.63, 3.8) is 0 Å². The molecule has 2 amide bonds. The van der Waals surface area contributed by atoms with Gasteiger partial charge in [-0.25, -0.2) is 4.79 Å². The largest absolute Gasteiger partial charge is 0.402 e. The molecule has 44 heavy (non-hydrogen) atoms. The van der Waals surface area contributed by atoms with E-state index in [9.17, 15) is 14.4 Å². The van der Waals surface area contributed by atoms with Gasteiger partial charge >= 0.3 is 5.69 Å². The number of aromatic nitrogens is 2. The first-order chi connectivity index (χ1) is 21.1. The van der Waals surface area contributed by atoms with Crippen molar-refractivity contribution >= 4 is 36.3 Å². The lowest BCUT2D eigenvalue weighted by molar-refractivity contribution is -0.139. The van der Waals surface area contributed by atoms with E-state index < -0.39 is 44.3 Å². The quantitative estimate of drug-likeness (QED) is 0.238. The number of amides is 2. The lowest BCUT2D eigenvalue weighted by Gasteiger charge is -2.45. The number of imide groups is 1. The van der Waals surface area contributed by atoms with Crippen LogP contribution in [0.4, 0.5) is 5.82 Å². The monoisotopic (exact) mass is 610 g/mol. The highest BCUT2D eigenvalue weighted by molar-refractivity contribution is 6.99. The zero-order valence-corrected chi connectivity index (χ0v) is 25.8. The van der Waals surface area contributed by atoms with E-state index in [-0.39, 0.29) is 28.6 Å². The molecule has 3 atom stereocenters. The van der Waals surface area contributed by atoms with Crippen LogP contribution in [0, 0.1) is 0 Å². The molecule has 2 aliphatic heterocycles. The van der Waals surface area contributed by atoms with Gasteiger partial charge < -0.3 is 14.9 Å². The van der Waals surface area contributed by atoms with Gasteiger partial charge in [-0.2, -0.15) is 4.98 Å². The number of rotatable bonds is 8. The van der Waals surface area contributed by atoms with Gasteiger partial charge in [0.2, 0.25) is 0 Å². The number of hydrogen-bond donors (Lipinski definition) is 1. The molecule has 2 N–H and O–H groups in total. The maximum absolute atomic E-state index is 13.0. The van der Waals surface area contributed by atoms with Crippen LogP contribution in [0.25, 0.3) is 0 Å². The van der Waals surface area contributed by atoms with E-state index in [1.807, 2.05) is 36.4 Å². The van der Waals surface area contributed by atoms with E-state index in [4.69, 9.17) is 19.7 Å². The van der Waals surface area contributed by atoms with Crippen LogP contribution in [0.2, 0.25) is 5.04 Å². The number of hydrogen-bond acceptors (Lipinski definition) is 8. The second kappa shape index (κ2) is 11.6. The summed E-state index contributed by atoms with van der Waals surface area (Å²) in [5, 5.41) is 2.60. The van der Waals surface area contributed by atoms with Crippen LogP contribution in [0.3, 0.4) is 0 Å². The number of carbonyl (C=O) groups excluding carboxylic acids is 2. The molecule has 10 nitrogen and oxygen atoms in total. The average molecular weight is 611 g/mol. The Kier molecular flexibility index (Phi) is 7.80. The van der Waals surface area contributed by atoms with Crippen molar-refractivity contribution < 1.29 is 23.6 Å². The zero-order chi connectivity index (χ0) is 31.1. The van der Waals surface area contributed by atoms with Crippen molar-refractivity contribution in [2.75, 3.05) is 12.3 Å². The van der Waals surface area contributed by atoms with Crippen molar-refractivity contribution in [1.29, 1.82) is 0 Å². The summed E-state index contributed by atoms with van der Waals surface area (Å²) in [6.45, 7) is 6.35. The fourth-order valence-corrected chi connectivity index (χ4v) is 10.9. The van der Waals surface area contributed by atoms with Crippen molar-refractivity contribution in [3.8, 4) is 0 Å². The van der Waals surface area contributed by atoms with Crippen LogP contribution >= 0.6 is 0 Å². The predicted molar refractivity (Wildman–Crippen MR) is 167 cm³/mol. The molecule has 0 spiro atoms. The van der Waals surface area contributed by atoms with Crippen LogP contribution in [-0.4, -0.2) is 53.6 Å².